The summed E-state index contributed by atoms with van der Waals surface area (Å²) in [5, 5.41) is 6.39. The molecule has 3 N–H and O–H groups in total. The van der Waals surface area contributed by atoms with Gasteiger partial charge in [0, 0.05) is 45.1 Å². The molecule has 1 aromatic heterocycles. The lowest BCUT2D eigenvalue weighted by Crippen LogP contribution is -2.14. The van der Waals surface area contributed by atoms with Crippen LogP contribution in [0.3, 0.4) is 0 Å². The zero-order valence-electron chi connectivity index (χ0n) is 20.0. The second-order valence-corrected chi connectivity index (χ2v) is 11.1. The summed E-state index contributed by atoms with van der Waals surface area (Å²) in [4.78, 5) is 23.3. The van der Waals surface area contributed by atoms with Gasteiger partial charge < -0.3 is 10.6 Å². The van der Waals surface area contributed by atoms with Gasteiger partial charge in [-0.3, -0.25) is 9.52 Å². The van der Waals surface area contributed by atoms with Crippen LogP contribution in [0.15, 0.2) is 99.8 Å². The number of hydrogen-bond donors (Lipinski definition) is 3. The molecule has 0 saturated heterocycles. The zero-order valence-corrected chi connectivity index (χ0v) is 21.7. The van der Waals surface area contributed by atoms with Gasteiger partial charge in [-0.25, -0.2) is 18.4 Å². The number of ketones is 1. The summed E-state index contributed by atoms with van der Waals surface area (Å²) in [6, 6.07) is 21.4. The molecule has 0 saturated carbocycles. The number of aryl methyl sites for hydroxylation is 2. The molecule has 0 spiro atoms. The summed E-state index contributed by atoms with van der Waals surface area (Å²) in [7, 11) is -3.81. The topological polar surface area (TPSA) is 113 Å². The predicted octanol–water partition coefficient (Wildman–Crippen LogP) is 5.91. The standard InChI is InChI=1S/C27H23N5O3S2/c1-17-15-27(30-18(2)29-17)32-37(34,35)21-10-8-20(9-11-21)28-14-13-24(33)19-7-12-26-23(16-19)31-22-5-3-4-6-25(22)36-26/h3-16,28,31H,1-2H3,(H,29,30,32)/b14-13-. The summed E-state index contributed by atoms with van der Waals surface area (Å²) >= 11 is 1.66. The molecule has 0 aliphatic carbocycles. The Labute approximate surface area is 219 Å². The van der Waals surface area contributed by atoms with Crippen LogP contribution in [-0.4, -0.2) is 24.2 Å². The molecule has 0 amide bonds. The van der Waals surface area contributed by atoms with Crippen molar-refractivity contribution in [3.8, 4) is 0 Å². The van der Waals surface area contributed by atoms with Crippen LogP contribution in [-0.2, 0) is 10.0 Å². The highest BCUT2D eigenvalue weighted by Crippen LogP contribution is 2.44. The number of para-hydroxylation sites is 1. The van der Waals surface area contributed by atoms with Crippen molar-refractivity contribution in [1.29, 1.82) is 0 Å². The number of sulfonamides is 1. The Kier molecular flexibility index (Phi) is 6.68. The van der Waals surface area contributed by atoms with Crippen molar-refractivity contribution < 1.29 is 13.2 Å². The average molecular weight is 530 g/mol. The van der Waals surface area contributed by atoms with Crippen LogP contribution in [0.4, 0.5) is 22.9 Å². The molecule has 5 rings (SSSR count). The van der Waals surface area contributed by atoms with Crippen LogP contribution in [0.2, 0.25) is 0 Å². The van der Waals surface area contributed by atoms with Gasteiger partial charge in [-0.15, -0.1) is 0 Å². The fraction of sp³-hybridized carbons (Fsp3) is 0.0741. The van der Waals surface area contributed by atoms with E-state index in [0.29, 0.717) is 22.8 Å². The molecule has 3 aromatic carbocycles. The van der Waals surface area contributed by atoms with Crippen LogP contribution >= 0.6 is 11.8 Å². The number of nitrogens with one attached hydrogen (secondary N) is 3. The molecule has 1 aliphatic rings. The molecule has 0 fully saturated rings. The van der Waals surface area contributed by atoms with Crippen molar-refractivity contribution in [1.82, 2.24) is 9.97 Å². The predicted molar refractivity (Wildman–Crippen MR) is 146 cm³/mol. The van der Waals surface area contributed by atoms with E-state index < -0.39 is 10.0 Å². The number of carbonyl (C=O) groups is 1. The Bertz CT molecular complexity index is 1610. The van der Waals surface area contributed by atoms with E-state index in [1.807, 2.05) is 30.3 Å². The largest absolute Gasteiger partial charge is 0.362 e. The summed E-state index contributed by atoms with van der Waals surface area (Å²) < 4.78 is 27.9. The van der Waals surface area contributed by atoms with Gasteiger partial charge in [0.05, 0.1) is 16.3 Å². The smallest absolute Gasteiger partial charge is 0.263 e. The third-order valence-corrected chi connectivity index (χ3v) is 8.02. The fourth-order valence-electron chi connectivity index (χ4n) is 3.80. The van der Waals surface area contributed by atoms with Gasteiger partial charge in [-0.05, 0) is 68.4 Å². The van der Waals surface area contributed by atoms with E-state index in [4.69, 9.17) is 0 Å². The lowest BCUT2D eigenvalue weighted by molar-refractivity contribution is 0.104. The molecular formula is C27H23N5O3S2. The van der Waals surface area contributed by atoms with Crippen LogP contribution in [0.1, 0.15) is 21.9 Å². The molecule has 4 aromatic rings. The van der Waals surface area contributed by atoms with Crippen LogP contribution in [0.5, 0.6) is 0 Å². The Morgan fingerprint density at radius 3 is 2.46 bits per heavy atom. The number of fused-ring (bicyclic) bond motifs is 2. The fourth-order valence-corrected chi connectivity index (χ4v) is 5.76. The quantitative estimate of drug-likeness (QED) is 0.176. The molecule has 8 nitrogen and oxygen atoms in total. The number of carbonyl (C=O) groups excluding carboxylic acids is 1. The molecule has 1 aliphatic heterocycles. The van der Waals surface area contributed by atoms with E-state index in [0.717, 1.165) is 21.2 Å². The summed E-state index contributed by atoms with van der Waals surface area (Å²) in [6.45, 7) is 3.47. The maximum Gasteiger partial charge on any atom is 0.263 e. The van der Waals surface area contributed by atoms with E-state index in [2.05, 4.69) is 31.4 Å². The van der Waals surface area contributed by atoms with E-state index in [9.17, 15) is 13.2 Å². The minimum atomic E-state index is -3.81. The van der Waals surface area contributed by atoms with Crippen LogP contribution < -0.4 is 15.4 Å². The third kappa shape index (κ3) is 5.65. The normalized spacial score (nSPS) is 12.4. The van der Waals surface area contributed by atoms with Crippen molar-refractivity contribution in [2.45, 2.75) is 28.5 Å². The first-order chi connectivity index (χ1) is 17.8. The van der Waals surface area contributed by atoms with Crippen molar-refractivity contribution in [3.05, 3.63) is 102 Å². The van der Waals surface area contributed by atoms with E-state index in [1.165, 1.54) is 24.4 Å². The number of nitrogens with zero attached hydrogens (tertiary/aromatic N) is 2. The van der Waals surface area contributed by atoms with E-state index in [-0.39, 0.29) is 16.5 Å². The molecule has 10 heteroatoms. The van der Waals surface area contributed by atoms with Crippen molar-refractivity contribution in [3.63, 3.8) is 0 Å². The van der Waals surface area contributed by atoms with Gasteiger partial charge in [-0.1, -0.05) is 23.9 Å². The molecular weight excluding hydrogens is 506 g/mol. The molecule has 0 atom stereocenters. The Morgan fingerprint density at radius 1 is 0.919 bits per heavy atom. The molecule has 0 bridgehead atoms. The van der Waals surface area contributed by atoms with Crippen molar-refractivity contribution >= 4 is 50.4 Å². The maximum atomic E-state index is 12.7. The van der Waals surface area contributed by atoms with E-state index >= 15 is 0 Å². The second kappa shape index (κ2) is 10.1. The van der Waals surface area contributed by atoms with Gasteiger partial charge in [0.1, 0.15) is 11.6 Å². The van der Waals surface area contributed by atoms with Gasteiger partial charge in [-0.2, -0.15) is 0 Å². The molecule has 2 heterocycles. The SMILES string of the molecule is Cc1cc(NS(=O)(=O)c2ccc(N/C=C\C(=O)c3ccc4c(c3)Nc3ccccc3S4)cc2)nc(C)n1. The highest BCUT2D eigenvalue weighted by molar-refractivity contribution is 7.99. The number of aromatic nitrogens is 2. The lowest BCUT2D eigenvalue weighted by atomic mass is 10.1. The van der Waals surface area contributed by atoms with Crippen LogP contribution in [0.25, 0.3) is 0 Å². The monoisotopic (exact) mass is 529 g/mol. The molecule has 186 valence electrons. The van der Waals surface area contributed by atoms with Gasteiger partial charge in [0.25, 0.3) is 10.0 Å². The third-order valence-electron chi connectivity index (χ3n) is 5.49. The molecule has 0 radical (unpaired) electrons. The number of rotatable bonds is 7. The minimum absolute atomic E-state index is 0.0908. The average Bonchev–Trinajstić information content (AvgIpc) is 2.86. The number of allylic oxidation sites excluding steroid dienone is 1. The first kappa shape index (κ1) is 24.5. The Balaban J connectivity index is 1.22. The number of benzene rings is 3. The summed E-state index contributed by atoms with van der Waals surface area (Å²) in [5.41, 5.74) is 3.78. The van der Waals surface area contributed by atoms with Gasteiger partial charge in [0.2, 0.25) is 0 Å². The zero-order chi connectivity index (χ0) is 26.0. The summed E-state index contributed by atoms with van der Waals surface area (Å²) in [5.74, 6) is 0.545. The molecule has 37 heavy (non-hydrogen) atoms. The lowest BCUT2D eigenvalue weighted by Gasteiger charge is -2.20. The van der Waals surface area contributed by atoms with E-state index in [1.54, 1.807) is 49.9 Å². The maximum absolute atomic E-state index is 12.7. The number of hydrogen-bond acceptors (Lipinski definition) is 8. The first-order valence-corrected chi connectivity index (χ1v) is 13.7. The molecule has 0 unspecified atom stereocenters. The minimum Gasteiger partial charge on any atom is -0.362 e. The van der Waals surface area contributed by atoms with Crippen LogP contribution in [0, 0.1) is 13.8 Å². The Morgan fingerprint density at radius 2 is 1.68 bits per heavy atom. The van der Waals surface area contributed by atoms with Gasteiger partial charge in [0.15, 0.2) is 5.78 Å². The Hall–Kier alpha value is -4.15. The van der Waals surface area contributed by atoms with Gasteiger partial charge >= 0.3 is 0 Å². The van der Waals surface area contributed by atoms with Crippen molar-refractivity contribution in [2.75, 3.05) is 15.4 Å². The summed E-state index contributed by atoms with van der Waals surface area (Å²) in [6.07, 6.45) is 2.98. The number of anilines is 4. The van der Waals surface area contributed by atoms with Crippen molar-refractivity contribution in [2.24, 2.45) is 0 Å². The second-order valence-electron chi connectivity index (χ2n) is 8.35. The first-order valence-electron chi connectivity index (χ1n) is 11.4. The highest BCUT2D eigenvalue weighted by atomic mass is 32.2. The highest BCUT2D eigenvalue weighted by Gasteiger charge is 2.17.